The largest absolute Gasteiger partial charge is 0.497 e. The first-order valence-corrected chi connectivity index (χ1v) is 12.6. The third kappa shape index (κ3) is 6.02. The van der Waals surface area contributed by atoms with E-state index in [1.165, 1.54) is 23.1 Å². The molecule has 0 fully saturated rings. The lowest BCUT2D eigenvalue weighted by atomic mass is 10.2. The molecule has 0 atom stereocenters. The van der Waals surface area contributed by atoms with Crippen molar-refractivity contribution in [2.75, 3.05) is 12.9 Å². The number of hydrogen-bond donors (Lipinski definition) is 1. The van der Waals surface area contributed by atoms with Crippen LogP contribution in [0.4, 0.5) is 0 Å². The van der Waals surface area contributed by atoms with Crippen molar-refractivity contribution in [2.45, 2.75) is 5.16 Å². The number of hydrazone groups is 1. The standard InChI is InChI=1S/C22H17BrClN5O2S2/c1-31-17-8-2-14(3-9-17)21-27-28-22(29(21)16-6-4-15(24)5-7-16)32-13-20(30)26-25-12-18-10-11-19(23)33-18/h2-12H,13H2,1H3,(H,26,30)/b25-12+. The van der Waals surface area contributed by atoms with E-state index in [4.69, 9.17) is 16.3 Å². The van der Waals surface area contributed by atoms with Gasteiger partial charge in [0, 0.05) is 21.2 Å². The number of nitrogens with one attached hydrogen (secondary N) is 1. The molecule has 2 heterocycles. The minimum absolute atomic E-state index is 0.125. The highest BCUT2D eigenvalue weighted by molar-refractivity contribution is 9.11. The van der Waals surface area contributed by atoms with Gasteiger partial charge in [-0.15, -0.1) is 21.5 Å². The summed E-state index contributed by atoms with van der Waals surface area (Å²) < 4.78 is 8.14. The molecule has 4 aromatic rings. The summed E-state index contributed by atoms with van der Waals surface area (Å²) >= 11 is 12.3. The molecule has 0 aliphatic carbocycles. The van der Waals surface area contributed by atoms with Gasteiger partial charge in [-0.25, -0.2) is 5.43 Å². The van der Waals surface area contributed by atoms with Crippen LogP contribution >= 0.6 is 50.6 Å². The predicted octanol–water partition coefficient (Wildman–Crippen LogP) is 5.66. The average molecular weight is 563 g/mol. The summed E-state index contributed by atoms with van der Waals surface area (Å²) in [6, 6.07) is 18.7. The average Bonchev–Trinajstić information content (AvgIpc) is 3.44. The Morgan fingerprint density at radius 3 is 2.61 bits per heavy atom. The van der Waals surface area contributed by atoms with Gasteiger partial charge in [0.25, 0.3) is 5.91 Å². The van der Waals surface area contributed by atoms with E-state index in [1.54, 1.807) is 25.5 Å². The zero-order valence-electron chi connectivity index (χ0n) is 17.2. The molecular weight excluding hydrogens is 546 g/mol. The van der Waals surface area contributed by atoms with Crippen LogP contribution in [0.1, 0.15) is 4.88 Å². The number of aromatic nitrogens is 3. The molecule has 168 valence electrons. The zero-order chi connectivity index (χ0) is 23.2. The number of rotatable bonds is 8. The van der Waals surface area contributed by atoms with E-state index in [2.05, 4.69) is 36.7 Å². The molecule has 0 radical (unpaired) electrons. The maximum Gasteiger partial charge on any atom is 0.250 e. The second-order valence-corrected chi connectivity index (χ2v) is 10.4. The van der Waals surface area contributed by atoms with Gasteiger partial charge in [-0.05, 0) is 76.6 Å². The second-order valence-electron chi connectivity index (χ2n) is 6.57. The van der Waals surface area contributed by atoms with E-state index in [0.29, 0.717) is 16.0 Å². The summed E-state index contributed by atoms with van der Waals surface area (Å²) in [4.78, 5) is 13.2. The zero-order valence-corrected chi connectivity index (χ0v) is 21.2. The van der Waals surface area contributed by atoms with Crippen LogP contribution in [0.2, 0.25) is 5.02 Å². The van der Waals surface area contributed by atoms with Crippen LogP contribution in [-0.2, 0) is 4.79 Å². The summed E-state index contributed by atoms with van der Waals surface area (Å²) in [6.45, 7) is 0. The first-order valence-electron chi connectivity index (χ1n) is 9.59. The maximum atomic E-state index is 12.3. The number of nitrogens with zero attached hydrogens (tertiary/aromatic N) is 4. The fourth-order valence-electron chi connectivity index (χ4n) is 2.84. The molecule has 0 spiro atoms. The summed E-state index contributed by atoms with van der Waals surface area (Å²) in [7, 11) is 1.62. The second kappa shape index (κ2) is 11.0. The Balaban J connectivity index is 1.53. The van der Waals surface area contributed by atoms with Crippen molar-refractivity contribution in [3.05, 3.63) is 74.3 Å². The van der Waals surface area contributed by atoms with Crippen LogP contribution in [0, 0.1) is 0 Å². The normalized spacial score (nSPS) is 11.1. The quantitative estimate of drug-likeness (QED) is 0.170. The third-order valence-electron chi connectivity index (χ3n) is 4.37. The fourth-order valence-corrected chi connectivity index (χ4v) is 5.01. The Kier molecular flexibility index (Phi) is 7.81. The van der Waals surface area contributed by atoms with Gasteiger partial charge in [-0.1, -0.05) is 23.4 Å². The van der Waals surface area contributed by atoms with Crippen LogP contribution in [0.15, 0.2) is 74.7 Å². The van der Waals surface area contributed by atoms with Crippen LogP contribution < -0.4 is 10.2 Å². The number of thioether (sulfide) groups is 1. The Morgan fingerprint density at radius 2 is 1.94 bits per heavy atom. The molecular formula is C22H17BrClN5O2S2. The fraction of sp³-hybridized carbons (Fsp3) is 0.0909. The first kappa shape index (κ1) is 23.5. The Bertz CT molecular complexity index is 1270. The van der Waals surface area contributed by atoms with Gasteiger partial charge < -0.3 is 4.74 Å². The maximum absolute atomic E-state index is 12.3. The summed E-state index contributed by atoms with van der Waals surface area (Å²) in [5.41, 5.74) is 4.24. The van der Waals surface area contributed by atoms with E-state index in [9.17, 15) is 4.79 Å². The van der Waals surface area contributed by atoms with Gasteiger partial charge >= 0.3 is 0 Å². The molecule has 0 aliphatic heterocycles. The number of benzene rings is 2. The lowest BCUT2D eigenvalue weighted by Gasteiger charge is -2.11. The van der Waals surface area contributed by atoms with Crippen LogP contribution in [0.5, 0.6) is 5.75 Å². The number of ether oxygens (including phenoxy) is 1. The minimum atomic E-state index is -0.247. The van der Waals surface area contributed by atoms with Crippen molar-refractivity contribution in [1.29, 1.82) is 0 Å². The number of amides is 1. The highest BCUT2D eigenvalue weighted by Crippen LogP contribution is 2.29. The monoisotopic (exact) mass is 561 g/mol. The lowest BCUT2D eigenvalue weighted by molar-refractivity contribution is -0.118. The summed E-state index contributed by atoms with van der Waals surface area (Å²) in [6.07, 6.45) is 1.61. The number of hydrogen-bond acceptors (Lipinski definition) is 7. The van der Waals surface area contributed by atoms with E-state index in [-0.39, 0.29) is 11.7 Å². The first-order chi connectivity index (χ1) is 16.0. The van der Waals surface area contributed by atoms with Gasteiger partial charge in [0.2, 0.25) is 0 Å². The lowest BCUT2D eigenvalue weighted by Crippen LogP contribution is -2.19. The molecule has 0 bridgehead atoms. The molecule has 2 aromatic carbocycles. The number of carbonyl (C=O) groups excluding carboxylic acids is 1. The van der Waals surface area contributed by atoms with Gasteiger partial charge in [0.1, 0.15) is 5.75 Å². The van der Waals surface area contributed by atoms with Crippen molar-refractivity contribution in [3.63, 3.8) is 0 Å². The van der Waals surface area contributed by atoms with Crippen molar-refractivity contribution in [2.24, 2.45) is 5.10 Å². The minimum Gasteiger partial charge on any atom is -0.497 e. The van der Waals surface area contributed by atoms with Crippen molar-refractivity contribution >= 4 is 62.8 Å². The van der Waals surface area contributed by atoms with Gasteiger partial charge in [-0.2, -0.15) is 5.10 Å². The van der Waals surface area contributed by atoms with Gasteiger partial charge in [-0.3, -0.25) is 9.36 Å². The molecule has 0 saturated heterocycles. The number of halogens is 2. The molecule has 7 nitrogen and oxygen atoms in total. The molecule has 1 amide bonds. The number of carbonyl (C=O) groups is 1. The van der Waals surface area contributed by atoms with E-state index < -0.39 is 0 Å². The molecule has 0 saturated carbocycles. The van der Waals surface area contributed by atoms with Crippen LogP contribution in [0.3, 0.4) is 0 Å². The van der Waals surface area contributed by atoms with Crippen molar-refractivity contribution in [3.8, 4) is 22.8 Å². The Morgan fingerprint density at radius 1 is 1.18 bits per heavy atom. The van der Waals surface area contributed by atoms with Gasteiger partial charge in [0.05, 0.1) is 22.9 Å². The van der Waals surface area contributed by atoms with E-state index in [1.807, 2.05) is 53.1 Å². The number of methoxy groups -OCH3 is 1. The van der Waals surface area contributed by atoms with Crippen molar-refractivity contribution < 1.29 is 9.53 Å². The van der Waals surface area contributed by atoms with E-state index in [0.717, 1.165) is 25.7 Å². The van der Waals surface area contributed by atoms with Crippen LogP contribution in [-0.4, -0.2) is 39.7 Å². The number of thiophene rings is 1. The molecule has 11 heteroatoms. The van der Waals surface area contributed by atoms with Crippen LogP contribution in [0.25, 0.3) is 17.1 Å². The molecule has 4 rings (SSSR count). The van der Waals surface area contributed by atoms with E-state index >= 15 is 0 Å². The Labute approximate surface area is 212 Å². The SMILES string of the molecule is COc1ccc(-c2nnc(SCC(=O)N/N=C/c3ccc(Br)s3)n2-c2ccc(Cl)cc2)cc1. The molecule has 2 aromatic heterocycles. The van der Waals surface area contributed by atoms with Gasteiger partial charge in [0.15, 0.2) is 11.0 Å². The third-order valence-corrected chi connectivity index (χ3v) is 7.11. The molecule has 1 N–H and O–H groups in total. The summed E-state index contributed by atoms with van der Waals surface area (Å²) in [5.74, 6) is 1.27. The molecule has 0 aliphatic rings. The highest BCUT2D eigenvalue weighted by Gasteiger charge is 2.17. The molecule has 0 unspecified atom stereocenters. The smallest absolute Gasteiger partial charge is 0.250 e. The highest BCUT2D eigenvalue weighted by atomic mass is 79.9. The topological polar surface area (TPSA) is 81.4 Å². The summed E-state index contributed by atoms with van der Waals surface area (Å²) in [5, 5.41) is 13.9. The van der Waals surface area contributed by atoms with Crippen molar-refractivity contribution in [1.82, 2.24) is 20.2 Å². The predicted molar refractivity (Wildman–Crippen MR) is 137 cm³/mol. The Hall–Kier alpha value is -2.66. The molecule has 33 heavy (non-hydrogen) atoms.